The summed E-state index contributed by atoms with van der Waals surface area (Å²) >= 11 is 0. The van der Waals surface area contributed by atoms with Crippen LogP contribution in [-0.2, 0) is 6.54 Å². The smallest absolute Gasteiger partial charge is 0.163 e. The second-order valence-corrected chi connectivity index (χ2v) is 4.49. The fourth-order valence-corrected chi connectivity index (χ4v) is 1.89. The van der Waals surface area contributed by atoms with Crippen molar-refractivity contribution in [3.8, 4) is 0 Å². The van der Waals surface area contributed by atoms with Gasteiger partial charge >= 0.3 is 0 Å². The minimum Gasteiger partial charge on any atom is -0.306 e. The van der Waals surface area contributed by atoms with Crippen LogP contribution < -0.4 is 5.32 Å². The van der Waals surface area contributed by atoms with Crippen LogP contribution in [0.25, 0.3) is 0 Å². The molecular formula is C15H13F4N. The highest BCUT2D eigenvalue weighted by Gasteiger charge is 2.13. The maximum atomic E-state index is 13.6. The number of rotatable bonds is 4. The first-order chi connectivity index (χ1) is 9.49. The Morgan fingerprint density at radius 1 is 0.950 bits per heavy atom. The van der Waals surface area contributed by atoms with Gasteiger partial charge in [0.15, 0.2) is 23.3 Å². The number of benzene rings is 2. The van der Waals surface area contributed by atoms with Crippen LogP contribution in [-0.4, -0.2) is 0 Å². The summed E-state index contributed by atoms with van der Waals surface area (Å²) in [5, 5.41) is 2.93. The molecule has 0 aromatic heterocycles. The summed E-state index contributed by atoms with van der Waals surface area (Å²) < 4.78 is 52.5. The number of nitrogens with one attached hydrogen (secondary N) is 1. The van der Waals surface area contributed by atoms with Gasteiger partial charge in [0.2, 0.25) is 0 Å². The van der Waals surface area contributed by atoms with E-state index in [0.29, 0.717) is 5.56 Å². The molecule has 0 aliphatic carbocycles. The number of hydrogen-bond acceptors (Lipinski definition) is 1. The summed E-state index contributed by atoms with van der Waals surface area (Å²) in [5.74, 6) is -3.67. The molecule has 1 N–H and O–H groups in total. The molecule has 0 aliphatic rings. The summed E-state index contributed by atoms with van der Waals surface area (Å²) in [6.45, 7) is 1.88. The highest BCUT2D eigenvalue weighted by atomic mass is 19.2. The van der Waals surface area contributed by atoms with Crippen molar-refractivity contribution in [3.05, 3.63) is 70.8 Å². The van der Waals surface area contributed by atoms with Gasteiger partial charge in [-0.1, -0.05) is 18.2 Å². The van der Waals surface area contributed by atoms with E-state index in [1.54, 1.807) is 6.92 Å². The summed E-state index contributed by atoms with van der Waals surface area (Å²) in [6, 6.07) is 7.00. The summed E-state index contributed by atoms with van der Waals surface area (Å²) in [6.07, 6.45) is 0. The predicted octanol–water partition coefficient (Wildman–Crippen LogP) is 4.09. The van der Waals surface area contributed by atoms with Crippen LogP contribution in [0.4, 0.5) is 17.6 Å². The molecule has 106 valence electrons. The average molecular weight is 283 g/mol. The second-order valence-electron chi connectivity index (χ2n) is 4.49. The van der Waals surface area contributed by atoms with E-state index < -0.39 is 29.3 Å². The summed E-state index contributed by atoms with van der Waals surface area (Å²) in [4.78, 5) is 0. The molecule has 1 unspecified atom stereocenters. The molecule has 0 amide bonds. The molecule has 0 heterocycles. The standard InChI is InChI=1S/C15H13F4N/c1-9(11-3-2-4-13(17)15(11)19)20-8-10-5-6-12(16)14(18)7-10/h2-7,9,20H,8H2,1H3. The molecule has 5 heteroatoms. The molecule has 0 fully saturated rings. The quantitative estimate of drug-likeness (QED) is 0.833. The minimum absolute atomic E-state index is 0.188. The lowest BCUT2D eigenvalue weighted by molar-refractivity contribution is 0.471. The first-order valence-corrected chi connectivity index (χ1v) is 6.10. The molecule has 0 bridgehead atoms. The molecule has 20 heavy (non-hydrogen) atoms. The lowest BCUT2D eigenvalue weighted by Crippen LogP contribution is -2.19. The Labute approximate surface area is 114 Å². The van der Waals surface area contributed by atoms with Crippen molar-refractivity contribution >= 4 is 0 Å². The van der Waals surface area contributed by atoms with Gasteiger partial charge in [0, 0.05) is 18.2 Å². The third kappa shape index (κ3) is 3.17. The van der Waals surface area contributed by atoms with Gasteiger partial charge in [-0.2, -0.15) is 0 Å². The second kappa shape index (κ2) is 6.05. The molecule has 2 aromatic carbocycles. The van der Waals surface area contributed by atoms with Crippen molar-refractivity contribution in [3.63, 3.8) is 0 Å². The van der Waals surface area contributed by atoms with E-state index in [1.807, 2.05) is 0 Å². The molecule has 0 radical (unpaired) electrons. The van der Waals surface area contributed by atoms with Crippen LogP contribution in [0.2, 0.25) is 0 Å². The van der Waals surface area contributed by atoms with E-state index >= 15 is 0 Å². The van der Waals surface area contributed by atoms with E-state index in [-0.39, 0.29) is 12.1 Å². The maximum Gasteiger partial charge on any atom is 0.163 e. The van der Waals surface area contributed by atoms with Crippen LogP contribution in [0.15, 0.2) is 36.4 Å². The van der Waals surface area contributed by atoms with Crippen molar-refractivity contribution in [2.24, 2.45) is 0 Å². The Morgan fingerprint density at radius 3 is 2.40 bits per heavy atom. The highest BCUT2D eigenvalue weighted by Crippen LogP contribution is 2.19. The van der Waals surface area contributed by atoms with Crippen LogP contribution >= 0.6 is 0 Å². The normalized spacial score (nSPS) is 12.4. The van der Waals surface area contributed by atoms with Crippen LogP contribution in [0.5, 0.6) is 0 Å². The third-order valence-corrected chi connectivity index (χ3v) is 3.04. The molecule has 0 spiro atoms. The predicted molar refractivity (Wildman–Crippen MR) is 68.0 cm³/mol. The first-order valence-electron chi connectivity index (χ1n) is 6.10. The number of halogens is 4. The van der Waals surface area contributed by atoms with Crippen molar-refractivity contribution < 1.29 is 17.6 Å². The van der Waals surface area contributed by atoms with Gasteiger partial charge < -0.3 is 5.32 Å². The van der Waals surface area contributed by atoms with Gasteiger partial charge in [-0.25, -0.2) is 17.6 Å². The first kappa shape index (κ1) is 14.5. The lowest BCUT2D eigenvalue weighted by atomic mass is 10.1. The zero-order valence-corrected chi connectivity index (χ0v) is 10.8. The van der Waals surface area contributed by atoms with Crippen LogP contribution in [0.3, 0.4) is 0 Å². The molecule has 0 saturated carbocycles. The van der Waals surface area contributed by atoms with E-state index in [2.05, 4.69) is 5.32 Å². The highest BCUT2D eigenvalue weighted by molar-refractivity contribution is 5.23. The van der Waals surface area contributed by atoms with E-state index in [0.717, 1.165) is 18.2 Å². The van der Waals surface area contributed by atoms with Gasteiger partial charge in [0.05, 0.1) is 0 Å². The molecule has 2 rings (SSSR count). The van der Waals surface area contributed by atoms with Gasteiger partial charge in [0.25, 0.3) is 0 Å². The van der Waals surface area contributed by atoms with E-state index in [4.69, 9.17) is 0 Å². The Kier molecular flexibility index (Phi) is 4.39. The van der Waals surface area contributed by atoms with E-state index in [9.17, 15) is 17.6 Å². The van der Waals surface area contributed by atoms with Crippen molar-refractivity contribution in [1.82, 2.24) is 5.32 Å². The molecule has 0 saturated heterocycles. The molecule has 0 aliphatic heterocycles. The third-order valence-electron chi connectivity index (χ3n) is 3.04. The molecule has 1 atom stereocenters. The summed E-state index contributed by atoms with van der Waals surface area (Å²) in [7, 11) is 0. The molecular weight excluding hydrogens is 270 g/mol. The monoisotopic (exact) mass is 283 g/mol. The minimum atomic E-state index is -0.936. The van der Waals surface area contributed by atoms with Crippen molar-refractivity contribution in [2.45, 2.75) is 19.5 Å². The lowest BCUT2D eigenvalue weighted by Gasteiger charge is -2.15. The Bertz CT molecular complexity index is 613. The van der Waals surface area contributed by atoms with Crippen LogP contribution in [0, 0.1) is 23.3 Å². The Hall–Kier alpha value is -1.88. The Morgan fingerprint density at radius 2 is 1.70 bits per heavy atom. The zero-order valence-electron chi connectivity index (χ0n) is 10.8. The van der Waals surface area contributed by atoms with E-state index in [1.165, 1.54) is 18.2 Å². The van der Waals surface area contributed by atoms with Gasteiger partial charge in [-0.15, -0.1) is 0 Å². The van der Waals surface area contributed by atoms with Gasteiger partial charge in [0.1, 0.15) is 0 Å². The topological polar surface area (TPSA) is 12.0 Å². The Balaban J connectivity index is 2.06. The van der Waals surface area contributed by atoms with Crippen molar-refractivity contribution in [2.75, 3.05) is 0 Å². The molecule has 1 nitrogen and oxygen atoms in total. The fraction of sp³-hybridized carbons (Fsp3) is 0.200. The van der Waals surface area contributed by atoms with Gasteiger partial charge in [-0.3, -0.25) is 0 Å². The largest absolute Gasteiger partial charge is 0.306 e. The average Bonchev–Trinajstić information content (AvgIpc) is 2.43. The maximum absolute atomic E-state index is 13.6. The fourth-order valence-electron chi connectivity index (χ4n) is 1.89. The van der Waals surface area contributed by atoms with Gasteiger partial charge in [-0.05, 0) is 30.7 Å². The zero-order chi connectivity index (χ0) is 14.7. The van der Waals surface area contributed by atoms with Crippen molar-refractivity contribution in [1.29, 1.82) is 0 Å². The molecule has 2 aromatic rings. The summed E-state index contributed by atoms with van der Waals surface area (Å²) in [5.41, 5.74) is 0.708. The van der Waals surface area contributed by atoms with Crippen LogP contribution in [0.1, 0.15) is 24.1 Å². The number of hydrogen-bond donors (Lipinski definition) is 1. The SMILES string of the molecule is CC(NCc1ccc(F)c(F)c1)c1cccc(F)c1F.